The van der Waals surface area contributed by atoms with Crippen molar-refractivity contribution in [3.05, 3.63) is 65.5 Å². The van der Waals surface area contributed by atoms with Crippen LogP contribution in [0.2, 0.25) is 0 Å². The largest absolute Gasteiger partial charge is 0.489 e. The van der Waals surface area contributed by atoms with Crippen LogP contribution in [-0.2, 0) is 6.61 Å². The Hall–Kier alpha value is -2.34. The van der Waals surface area contributed by atoms with Gasteiger partial charge in [0, 0.05) is 5.56 Å². The summed E-state index contributed by atoms with van der Waals surface area (Å²) in [5.41, 5.74) is 0.423. The summed E-state index contributed by atoms with van der Waals surface area (Å²) in [4.78, 5) is 0. The van der Waals surface area contributed by atoms with Crippen molar-refractivity contribution < 1.29 is 9.13 Å². The van der Waals surface area contributed by atoms with Crippen LogP contribution in [0.5, 0.6) is 5.75 Å². The highest BCUT2D eigenvalue weighted by atomic mass is 19.1. The lowest BCUT2D eigenvalue weighted by Crippen LogP contribution is -2.00. The first kappa shape index (κ1) is 11.2. The molecule has 0 spiro atoms. The summed E-state index contributed by atoms with van der Waals surface area (Å²) in [5, 5.41) is 8.70. The number of nitrogens with zero attached hydrogens (tertiary/aromatic N) is 1. The van der Waals surface area contributed by atoms with Crippen LogP contribution in [0.4, 0.5) is 4.39 Å². The quantitative estimate of drug-likeness (QED) is 0.806. The zero-order chi connectivity index (χ0) is 12.1. The maximum absolute atomic E-state index is 13.7. The molecule has 0 aliphatic heterocycles. The van der Waals surface area contributed by atoms with E-state index in [0.29, 0.717) is 11.3 Å². The minimum Gasteiger partial charge on any atom is -0.489 e. The second kappa shape index (κ2) is 5.13. The van der Waals surface area contributed by atoms with Gasteiger partial charge in [0.15, 0.2) is 0 Å². The molecule has 2 rings (SSSR count). The Bertz CT molecular complexity index is 546. The van der Waals surface area contributed by atoms with Gasteiger partial charge in [-0.3, -0.25) is 0 Å². The first-order valence-electron chi connectivity index (χ1n) is 5.16. The maximum Gasteiger partial charge on any atom is 0.147 e. The molecule has 2 aromatic carbocycles. The first-order chi connectivity index (χ1) is 8.31. The number of rotatable bonds is 3. The molecule has 0 aromatic heterocycles. The van der Waals surface area contributed by atoms with Crippen molar-refractivity contribution in [2.75, 3.05) is 0 Å². The lowest BCUT2D eigenvalue weighted by molar-refractivity contribution is 0.299. The maximum atomic E-state index is 13.7. The van der Waals surface area contributed by atoms with Crippen molar-refractivity contribution in [3.63, 3.8) is 0 Å². The van der Waals surface area contributed by atoms with Crippen molar-refractivity contribution in [1.29, 1.82) is 5.26 Å². The van der Waals surface area contributed by atoms with Gasteiger partial charge in [0.1, 0.15) is 24.2 Å². The van der Waals surface area contributed by atoms with E-state index in [-0.39, 0.29) is 12.2 Å². The molecule has 0 heterocycles. The number of halogens is 1. The van der Waals surface area contributed by atoms with E-state index in [0.717, 1.165) is 0 Å². The summed E-state index contributed by atoms with van der Waals surface area (Å²) in [5.74, 6) is 0.167. The predicted octanol–water partition coefficient (Wildman–Crippen LogP) is 3.28. The number of benzene rings is 2. The topological polar surface area (TPSA) is 33.0 Å². The van der Waals surface area contributed by atoms with E-state index in [2.05, 4.69) is 0 Å². The number of para-hydroxylation sites is 1. The molecule has 84 valence electrons. The molecular weight excluding hydrogens is 217 g/mol. The van der Waals surface area contributed by atoms with Gasteiger partial charge >= 0.3 is 0 Å². The van der Waals surface area contributed by atoms with Crippen molar-refractivity contribution in [1.82, 2.24) is 0 Å². The lowest BCUT2D eigenvalue weighted by atomic mass is 10.1. The molecule has 0 radical (unpaired) electrons. The van der Waals surface area contributed by atoms with Gasteiger partial charge < -0.3 is 4.74 Å². The number of hydrogen-bond donors (Lipinski definition) is 0. The van der Waals surface area contributed by atoms with Crippen LogP contribution in [-0.4, -0.2) is 0 Å². The molecule has 0 aliphatic carbocycles. The molecule has 0 atom stereocenters. The lowest BCUT2D eigenvalue weighted by Gasteiger charge is -2.07. The second-order valence-corrected chi connectivity index (χ2v) is 3.49. The Morgan fingerprint density at radius 1 is 1.06 bits per heavy atom. The summed E-state index contributed by atoms with van der Waals surface area (Å²) < 4.78 is 19.1. The van der Waals surface area contributed by atoms with Gasteiger partial charge in [-0.15, -0.1) is 0 Å². The molecule has 17 heavy (non-hydrogen) atoms. The Morgan fingerprint density at radius 2 is 1.82 bits per heavy atom. The third-order valence-electron chi connectivity index (χ3n) is 2.34. The fourth-order valence-electron chi connectivity index (χ4n) is 1.46. The van der Waals surface area contributed by atoms with Crippen LogP contribution < -0.4 is 4.74 Å². The van der Waals surface area contributed by atoms with E-state index >= 15 is 0 Å². The highest BCUT2D eigenvalue weighted by molar-refractivity contribution is 5.35. The van der Waals surface area contributed by atoms with Crippen LogP contribution in [0.25, 0.3) is 0 Å². The Balaban J connectivity index is 2.13. The van der Waals surface area contributed by atoms with E-state index in [1.807, 2.05) is 18.2 Å². The SMILES string of the molecule is N#Cc1cccc(COc2ccccc2)c1F. The zero-order valence-electron chi connectivity index (χ0n) is 9.06. The monoisotopic (exact) mass is 227 g/mol. The number of nitriles is 1. The van der Waals surface area contributed by atoms with Gasteiger partial charge in [-0.1, -0.05) is 30.3 Å². The summed E-state index contributed by atoms with van der Waals surface area (Å²) >= 11 is 0. The predicted molar refractivity (Wildman–Crippen MR) is 61.9 cm³/mol. The molecule has 3 heteroatoms. The average Bonchev–Trinajstić information content (AvgIpc) is 2.39. The summed E-state index contributed by atoms with van der Waals surface area (Å²) in [6, 6.07) is 15.7. The fourth-order valence-corrected chi connectivity index (χ4v) is 1.46. The molecule has 0 bridgehead atoms. The molecule has 2 aromatic rings. The molecule has 0 aliphatic rings. The van der Waals surface area contributed by atoms with E-state index in [1.165, 1.54) is 6.07 Å². The van der Waals surface area contributed by atoms with Gasteiger partial charge in [-0.25, -0.2) is 4.39 Å². The molecule has 0 fully saturated rings. The van der Waals surface area contributed by atoms with Crippen LogP contribution in [0, 0.1) is 17.1 Å². The van der Waals surface area contributed by atoms with E-state index in [4.69, 9.17) is 10.00 Å². The van der Waals surface area contributed by atoms with Gasteiger partial charge in [0.2, 0.25) is 0 Å². The molecule has 0 unspecified atom stereocenters. The molecule has 0 N–H and O–H groups in total. The highest BCUT2D eigenvalue weighted by Gasteiger charge is 2.07. The fraction of sp³-hybridized carbons (Fsp3) is 0.0714. The van der Waals surface area contributed by atoms with Crippen molar-refractivity contribution in [2.45, 2.75) is 6.61 Å². The Morgan fingerprint density at radius 3 is 2.53 bits per heavy atom. The van der Waals surface area contributed by atoms with Crippen molar-refractivity contribution in [3.8, 4) is 11.8 Å². The van der Waals surface area contributed by atoms with Crippen LogP contribution >= 0.6 is 0 Å². The van der Waals surface area contributed by atoms with Crippen LogP contribution in [0.3, 0.4) is 0 Å². The average molecular weight is 227 g/mol. The third kappa shape index (κ3) is 2.61. The Labute approximate surface area is 98.9 Å². The standard InChI is InChI=1S/C14H10FNO/c15-14-11(9-16)5-4-6-12(14)10-17-13-7-2-1-3-8-13/h1-8H,10H2. The second-order valence-electron chi connectivity index (χ2n) is 3.49. The minimum absolute atomic E-state index is 0.0409. The van der Waals surface area contributed by atoms with Gasteiger partial charge in [-0.2, -0.15) is 5.26 Å². The van der Waals surface area contributed by atoms with Crippen molar-refractivity contribution in [2.24, 2.45) is 0 Å². The smallest absolute Gasteiger partial charge is 0.147 e. The van der Waals surface area contributed by atoms with Gasteiger partial charge in [-0.05, 0) is 18.2 Å². The first-order valence-corrected chi connectivity index (χ1v) is 5.16. The van der Waals surface area contributed by atoms with E-state index in [1.54, 1.807) is 30.3 Å². The summed E-state index contributed by atoms with van der Waals surface area (Å²) in [6.07, 6.45) is 0. The zero-order valence-corrected chi connectivity index (χ0v) is 9.06. The van der Waals surface area contributed by atoms with Crippen LogP contribution in [0.1, 0.15) is 11.1 Å². The molecule has 2 nitrogen and oxygen atoms in total. The van der Waals surface area contributed by atoms with Crippen LogP contribution in [0.15, 0.2) is 48.5 Å². The normalized spacial score (nSPS) is 9.65. The van der Waals surface area contributed by atoms with Crippen molar-refractivity contribution >= 4 is 0 Å². The summed E-state index contributed by atoms with van der Waals surface area (Å²) in [6.45, 7) is 0.116. The summed E-state index contributed by atoms with van der Waals surface area (Å²) in [7, 11) is 0. The van der Waals surface area contributed by atoms with E-state index < -0.39 is 5.82 Å². The third-order valence-corrected chi connectivity index (χ3v) is 2.34. The molecule has 0 amide bonds. The van der Waals surface area contributed by atoms with E-state index in [9.17, 15) is 4.39 Å². The van der Waals surface area contributed by atoms with Gasteiger partial charge in [0.05, 0.1) is 5.56 Å². The minimum atomic E-state index is -0.508. The molecular formula is C14H10FNO. The molecule has 0 saturated heterocycles. The number of ether oxygens (including phenoxy) is 1. The molecule has 0 saturated carbocycles. The Kier molecular flexibility index (Phi) is 3.37. The van der Waals surface area contributed by atoms with Gasteiger partial charge in [0.25, 0.3) is 0 Å². The highest BCUT2D eigenvalue weighted by Crippen LogP contribution is 2.16. The number of hydrogen-bond acceptors (Lipinski definition) is 2.